The fourth-order valence-corrected chi connectivity index (χ4v) is 3.80. The first-order valence-corrected chi connectivity index (χ1v) is 10.6. The quantitative estimate of drug-likeness (QED) is 0.493. The lowest BCUT2D eigenvalue weighted by atomic mass is 10.2. The van der Waals surface area contributed by atoms with E-state index >= 15 is 0 Å². The van der Waals surface area contributed by atoms with Gasteiger partial charge in [0.1, 0.15) is 5.76 Å². The van der Waals surface area contributed by atoms with Crippen LogP contribution in [0.4, 0.5) is 11.4 Å². The smallest absolute Gasteiger partial charge is 0.240 e. The molecular weight excluding hydrogens is 418 g/mol. The van der Waals surface area contributed by atoms with Crippen LogP contribution in [0, 0.1) is 6.92 Å². The molecule has 3 rings (SSSR count). The normalized spacial score (nSPS) is 11.2. The summed E-state index contributed by atoms with van der Waals surface area (Å²) in [6.45, 7) is 1.98. The summed E-state index contributed by atoms with van der Waals surface area (Å²) in [5.74, 6) is 0.537. The molecule has 146 valence electrons. The summed E-state index contributed by atoms with van der Waals surface area (Å²) in [6.07, 6.45) is 1.49. The van der Waals surface area contributed by atoms with Crippen molar-refractivity contribution < 1.29 is 12.8 Å². The summed E-state index contributed by atoms with van der Waals surface area (Å²) in [5.41, 5.74) is 2.34. The van der Waals surface area contributed by atoms with Crippen LogP contribution in [-0.4, -0.2) is 13.5 Å². The Bertz CT molecular complexity index is 1070. The van der Waals surface area contributed by atoms with Crippen LogP contribution < -0.4 is 15.4 Å². The van der Waals surface area contributed by atoms with Crippen LogP contribution in [-0.2, 0) is 16.6 Å². The minimum Gasteiger partial charge on any atom is -0.468 e. The van der Waals surface area contributed by atoms with Gasteiger partial charge in [-0.05, 0) is 73.2 Å². The Kier molecular flexibility index (Phi) is 6.35. The summed E-state index contributed by atoms with van der Waals surface area (Å²) in [6, 6.07) is 15.2. The molecule has 1 aromatic heterocycles. The van der Waals surface area contributed by atoms with E-state index in [0.29, 0.717) is 21.6 Å². The number of nitrogens with one attached hydrogen (secondary N) is 3. The molecule has 0 aliphatic rings. The zero-order valence-electron chi connectivity index (χ0n) is 14.9. The van der Waals surface area contributed by atoms with Crippen LogP contribution >= 0.6 is 23.8 Å². The molecular formula is C19H18ClN3O3S2. The van der Waals surface area contributed by atoms with Crippen molar-refractivity contribution in [2.45, 2.75) is 18.4 Å². The molecule has 0 amide bonds. The molecule has 0 bridgehead atoms. The number of rotatable bonds is 6. The van der Waals surface area contributed by atoms with Crippen molar-refractivity contribution in [1.29, 1.82) is 0 Å². The molecule has 3 aromatic rings. The standard InChI is InChI=1S/C19H18ClN3O3S2/c1-13-17(20)5-2-6-18(13)23-19(27)22-14-7-9-16(10-8-14)28(24,25)21-12-15-4-3-11-26-15/h2-11,21H,12H2,1H3,(H2,22,23,27). The van der Waals surface area contributed by atoms with E-state index in [1.54, 1.807) is 30.3 Å². The average molecular weight is 436 g/mol. The third-order valence-electron chi connectivity index (χ3n) is 3.95. The maximum Gasteiger partial charge on any atom is 0.240 e. The maximum absolute atomic E-state index is 12.3. The largest absolute Gasteiger partial charge is 0.468 e. The molecule has 0 unspecified atom stereocenters. The second kappa shape index (κ2) is 8.74. The highest BCUT2D eigenvalue weighted by Gasteiger charge is 2.14. The lowest BCUT2D eigenvalue weighted by Gasteiger charge is -2.13. The number of hydrogen-bond acceptors (Lipinski definition) is 4. The molecule has 9 heteroatoms. The SMILES string of the molecule is Cc1c(Cl)cccc1NC(=S)Nc1ccc(S(=O)(=O)NCc2ccco2)cc1. The van der Waals surface area contributed by atoms with Crippen molar-refractivity contribution in [3.05, 3.63) is 77.2 Å². The van der Waals surface area contributed by atoms with Gasteiger partial charge < -0.3 is 15.1 Å². The van der Waals surface area contributed by atoms with E-state index in [1.165, 1.54) is 18.4 Å². The second-order valence-corrected chi connectivity index (χ2v) is 8.50. The third-order valence-corrected chi connectivity index (χ3v) is 5.99. The fraction of sp³-hybridized carbons (Fsp3) is 0.105. The molecule has 0 radical (unpaired) electrons. The van der Waals surface area contributed by atoms with Gasteiger partial charge >= 0.3 is 0 Å². The molecule has 28 heavy (non-hydrogen) atoms. The highest BCUT2D eigenvalue weighted by molar-refractivity contribution is 7.89. The number of hydrogen-bond donors (Lipinski definition) is 3. The Labute approximate surface area is 174 Å². The minimum atomic E-state index is -3.64. The summed E-state index contributed by atoms with van der Waals surface area (Å²) in [7, 11) is -3.64. The Morgan fingerprint density at radius 1 is 1.07 bits per heavy atom. The van der Waals surface area contributed by atoms with Crippen molar-refractivity contribution in [2.24, 2.45) is 0 Å². The van der Waals surface area contributed by atoms with Crippen molar-refractivity contribution in [1.82, 2.24) is 4.72 Å². The van der Waals surface area contributed by atoms with Gasteiger partial charge in [0.05, 0.1) is 17.7 Å². The van der Waals surface area contributed by atoms with E-state index in [9.17, 15) is 8.42 Å². The number of halogens is 1. The number of benzene rings is 2. The summed E-state index contributed by atoms with van der Waals surface area (Å²) in [5, 5.41) is 7.11. The van der Waals surface area contributed by atoms with Crippen LogP contribution in [0.2, 0.25) is 5.02 Å². The Hall–Kier alpha value is -2.39. The van der Waals surface area contributed by atoms with Gasteiger partial charge in [0.25, 0.3) is 0 Å². The van der Waals surface area contributed by atoms with Crippen LogP contribution in [0.1, 0.15) is 11.3 Å². The second-order valence-electron chi connectivity index (χ2n) is 5.92. The van der Waals surface area contributed by atoms with Gasteiger partial charge in [0, 0.05) is 16.4 Å². The topological polar surface area (TPSA) is 83.4 Å². The summed E-state index contributed by atoms with van der Waals surface area (Å²) < 4.78 is 32.3. The van der Waals surface area contributed by atoms with Gasteiger partial charge in [-0.2, -0.15) is 0 Å². The molecule has 0 fully saturated rings. The van der Waals surface area contributed by atoms with E-state index in [0.717, 1.165) is 11.3 Å². The third kappa shape index (κ3) is 5.11. The first kappa shape index (κ1) is 20.3. The van der Waals surface area contributed by atoms with Gasteiger partial charge in [-0.1, -0.05) is 17.7 Å². The van der Waals surface area contributed by atoms with E-state index in [-0.39, 0.29) is 11.4 Å². The van der Waals surface area contributed by atoms with Gasteiger partial charge in [0.15, 0.2) is 5.11 Å². The number of anilines is 2. The van der Waals surface area contributed by atoms with Crippen LogP contribution in [0.25, 0.3) is 0 Å². The molecule has 0 atom stereocenters. The Morgan fingerprint density at radius 3 is 2.50 bits per heavy atom. The lowest BCUT2D eigenvalue weighted by Crippen LogP contribution is -2.23. The molecule has 3 N–H and O–H groups in total. The van der Waals surface area contributed by atoms with E-state index in [4.69, 9.17) is 28.2 Å². The molecule has 0 saturated carbocycles. The average Bonchev–Trinajstić information content (AvgIpc) is 3.18. The van der Waals surface area contributed by atoms with Crippen LogP contribution in [0.3, 0.4) is 0 Å². The molecule has 0 aliphatic heterocycles. The Morgan fingerprint density at radius 2 is 1.82 bits per heavy atom. The van der Waals surface area contributed by atoms with Crippen molar-refractivity contribution in [3.63, 3.8) is 0 Å². The minimum absolute atomic E-state index is 0.0856. The lowest BCUT2D eigenvalue weighted by molar-refractivity contribution is 0.498. The monoisotopic (exact) mass is 435 g/mol. The molecule has 6 nitrogen and oxygen atoms in total. The first-order chi connectivity index (χ1) is 13.3. The molecule has 0 aliphatic carbocycles. The number of thiocarbonyl (C=S) groups is 1. The number of sulfonamides is 1. The van der Waals surface area contributed by atoms with E-state index < -0.39 is 10.0 Å². The number of furan rings is 1. The van der Waals surface area contributed by atoms with Gasteiger partial charge in [0.2, 0.25) is 10.0 Å². The fourth-order valence-electron chi connectivity index (χ4n) is 2.41. The molecule has 0 saturated heterocycles. The van der Waals surface area contributed by atoms with Gasteiger partial charge in [-0.3, -0.25) is 0 Å². The molecule has 0 spiro atoms. The van der Waals surface area contributed by atoms with Gasteiger partial charge in [-0.15, -0.1) is 0 Å². The van der Waals surface area contributed by atoms with Gasteiger partial charge in [-0.25, -0.2) is 13.1 Å². The van der Waals surface area contributed by atoms with Crippen LogP contribution in [0.15, 0.2) is 70.2 Å². The molecule has 1 heterocycles. The molecule has 2 aromatic carbocycles. The van der Waals surface area contributed by atoms with Crippen molar-refractivity contribution in [2.75, 3.05) is 10.6 Å². The summed E-state index contributed by atoms with van der Waals surface area (Å²) in [4.78, 5) is 0.147. The zero-order valence-corrected chi connectivity index (χ0v) is 17.3. The van der Waals surface area contributed by atoms with E-state index in [2.05, 4.69) is 15.4 Å². The highest BCUT2D eigenvalue weighted by atomic mass is 35.5. The van der Waals surface area contributed by atoms with Crippen LogP contribution in [0.5, 0.6) is 0 Å². The van der Waals surface area contributed by atoms with E-state index in [1.807, 2.05) is 19.1 Å². The Balaban J connectivity index is 1.62. The zero-order chi connectivity index (χ0) is 20.1. The predicted octanol–water partition coefficient (Wildman–Crippen LogP) is 4.53. The predicted molar refractivity (Wildman–Crippen MR) is 115 cm³/mol. The summed E-state index contributed by atoms with van der Waals surface area (Å²) >= 11 is 11.4. The van der Waals surface area contributed by atoms with Crippen molar-refractivity contribution in [3.8, 4) is 0 Å². The highest BCUT2D eigenvalue weighted by Crippen LogP contribution is 2.23. The van der Waals surface area contributed by atoms with Crippen molar-refractivity contribution >= 4 is 50.3 Å². The first-order valence-electron chi connectivity index (χ1n) is 8.30. The maximum atomic E-state index is 12.3.